The van der Waals surface area contributed by atoms with Crippen molar-refractivity contribution in [3.8, 4) is 5.75 Å². The Balaban J connectivity index is 2.05. The van der Waals surface area contributed by atoms with E-state index in [-0.39, 0.29) is 18.0 Å². The zero-order valence-electron chi connectivity index (χ0n) is 15.3. The third kappa shape index (κ3) is 3.04. The minimum Gasteiger partial charge on any atom is -0.467 e. The Bertz CT molecular complexity index is 738. The van der Waals surface area contributed by atoms with E-state index in [0.717, 1.165) is 22.0 Å². The Morgan fingerprint density at radius 1 is 1.00 bits per heavy atom. The molecule has 4 nitrogen and oxygen atoms in total. The van der Waals surface area contributed by atoms with Gasteiger partial charge in [-0.25, -0.2) is 0 Å². The minimum atomic E-state index is -0.411. The van der Waals surface area contributed by atoms with Gasteiger partial charge in [-0.3, -0.25) is 0 Å². The van der Waals surface area contributed by atoms with E-state index in [1.807, 2.05) is 6.07 Å². The summed E-state index contributed by atoms with van der Waals surface area (Å²) in [6, 6.07) is 10.4. The zero-order chi connectivity index (χ0) is 17.5. The molecule has 1 fully saturated rings. The van der Waals surface area contributed by atoms with Crippen LogP contribution in [0, 0.1) is 6.92 Å². The maximum atomic E-state index is 6.17. The second kappa shape index (κ2) is 6.06. The number of benzene rings is 2. The molecule has 0 bridgehead atoms. The van der Waals surface area contributed by atoms with E-state index in [9.17, 15) is 0 Å². The second-order valence-electron chi connectivity index (χ2n) is 7.38. The molecule has 0 atom stereocenters. The van der Waals surface area contributed by atoms with Gasteiger partial charge in [-0.15, -0.1) is 0 Å². The molecule has 1 aliphatic heterocycles. The van der Waals surface area contributed by atoms with E-state index in [0.29, 0.717) is 0 Å². The first kappa shape index (κ1) is 17.3. The van der Waals surface area contributed by atoms with Gasteiger partial charge in [-0.1, -0.05) is 23.8 Å². The van der Waals surface area contributed by atoms with Crippen molar-refractivity contribution >= 4 is 23.4 Å². The van der Waals surface area contributed by atoms with E-state index in [2.05, 4.69) is 58.9 Å². The summed E-state index contributed by atoms with van der Waals surface area (Å²) in [6.07, 6.45) is 0. The van der Waals surface area contributed by atoms with Gasteiger partial charge in [-0.05, 0) is 57.6 Å². The quantitative estimate of drug-likeness (QED) is 0.636. The van der Waals surface area contributed by atoms with Crippen LogP contribution in [0.25, 0.3) is 10.8 Å². The maximum absolute atomic E-state index is 6.17. The van der Waals surface area contributed by atoms with Crippen molar-refractivity contribution in [3.05, 3.63) is 35.9 Å². The number of aryl methyl sites for hydroxylation is 1. The fraction of sp³-hybridized carbons (Fsp3) is 0.474. The summed E-state index contributed by atoms with van der Waals surface area (Å²) in [5.74, 6) is 0.780. The van der Waals surface area contributed by atoms with Gasteiger partial charge in [-0.2, -0.15) is 0 Å². The predicted octanol–water partition coefficient (Wildman–Crippen LogP) is 3.43. The molecule has 128 valence electrons. The normalized spacial score (nSPS) is 19.0. The number of ether oxygens (including phenoxy) is 2. The van der Waals surface area contributed by atoms with Crippen LogP contribution < -0.4 is 10.2 Å². The standard InChI is InChI=1S/C19H25BO4/c1-13-7-8-14-10-15(11-17(16(14)9-13)22-12-21-6)20-23-18(2,3)19(4,5)24-20/h7-11H,12H2,1-6H3. The van der Waals surface area contributed by atoms with Crippen LogP contribution in [0.1, 0.15) is 33.3 Å². The molecule has 2 aromatic carbocycles. The monoisotopic (exact) mass is 328 g/mol. The van der Waals surface area contributed by atoms with Crippen molar-refractivity contribution in [1.82, 2.24) is 0 Å². The highest BCUT2D eigenvalue weighted by Crippen LogP contribution is 2.37. The van der Waals surface area contributed by atoms with Crippen LogP contribution in [0.5, 0.6) is 5.75 Å². The highest BCUT2D eigenvalue weighted by atomic mass is 16.7. The molecule has 1 heterocycles. The number of methoxy groups -OCH3 is 1. The molecule has 0 aliphatic carbocycles. The van der Waals surface area contributed by atoms with E-state index in [1.165, 1.54) is 5.56 Å². The fourth-order valence-electron chi connectivity index (χ4n) is 2.82. The third-order valence-electron chi connectivity index (χ3n) is 4.95. The van der Waals surface area contributed by atoms with Crippen LogP contribution >= 0.6 is 0 Å². The number of hydrogen-bond donors (Lipinski definition) is 0. The summed E-state index contributed by atoms with van der Waals surface area (Å²) >= 11 is 0. The Labute approximate surface area is 144 Å². The third-order valence-corrected chi connectivity index (χ3v) is 4.95. The summed E-state index contributed by atoms with van der Waals surface area (Å²) in [6.45, 7) is 10.5. The van der Waals surface area contributed by atoms with Crippen LogP contribution in [-0.2, 0) is 14.0 Å². The molecule has 0 N–H and O–H groups in total. The molecular weight excluding hydrogens is 303 g/mol. The maximum Gasteiger partial charge on any atom is 0.494 e. The lowest BCUT2D eigenvalue weighted by Crippen LogP contribution is -2.41. The topological polar surface area (TPSA) is 36.9 Å². The Kier molecular flexibility index (Phi) is 4.37. The Hall–Kier alpha value is -1.56. The highest BCUT2D eigenvalue weighted by Gasteiger charge is 2.51. The summed E-state index contributed by atoms with van der Waals surface area (Å²) in [4.78, 5) is 0. The minimum absolute atomic E-state index is 0.204. The van der Waals surface area contributed by atoms with Crippen molar-refractivity contribution in [2.75, 3.05) is 13.9 Å². The van der Waals surface area contributed by atoms with Gasteiger partial charge in [0.2, 0.25) is 0 Å². The molecule has 0 aromatic heterocycles. The first-order valence-corrected chi connectivity index (χ1v) is 8.25. The molecule has 3 rings (SSSR count). The molecule has 1 saturated heterocycles. The SMILES string of the molecule is COCOc1cc(B2OC(C)(C)C(C)(C)O2)cc2ccc(C)cc12. The molecule has 5 heteroatoms. The van der Waals surface area contributed by atoms with Gasteiger partial charge in [0.15, 0.2) is 6.79 Å². The van der Waals surface area contributed by atoms with Crippen LogP contribution in [-0.4, -0.2) is 32.2 Å². The van der Waals surface area contributed by atoms with Crippen LogP contribution in [0.3, 0.4) is 0 Å². The number of rotatable bonds is 4. The summed E-state index contributed by atoms with van der Waals surface area (Å²) < 4.78 is 23.2. The molecule has 1 aliphatic rings. The van der Waals surface area contributed by atoms with Crippen molar-refractivity contribution in [2.45, 2.75) is 45.8 Å². The largest absolute Gasteiger partial charge is 0.494 e. The summed E-state index contributed by atoms with van der Waals surface area (Å²) in [5.41, 5.74) is 1.41. The Morgan fingerprint density at radius 3 is 2.29 bits per heavy atom. The van der Waals surface area contributed by atoms with Crippen molar-refractivity contribution in [1.29, 1.82) is 0 Å². The van der Waals surface area contributed by atoms with Crippen LogP contribution in [0.4, 0.5) is 0 Å². The van der Waals surface area contributed by atoms with E-state index >= 15 is 0 Å². The van der Waals surface area contributed by atoms with Gasteiger partial charge in [0.05, 0.1) is 11.2 Å². The lowest BCUT2D eigenvalue weighted by Gasteiger charge is -2.32. The van der Waals surface area contributed by atoms with E-state index < -0.39 is 7.12 Å². The number of hydrogen-bond acceptors (Lipinski definition) is 4. The van der Waals surface area contributed by atoms with E-state index in [4.69, 9.17) is 18.8 Å². The molecule has 0 amide bonds. The van der Waals surface area contributed by atoms with Gasteiger partial charge in [0.1, 0.15) is 5.75 Å². The van der Waals surface area contributed by atoms with Gasteiger partial charge < -0.3 is 18.8 Å². The predicted molar refractivity (Wildman–Crippen MR) is 96.9 cm³/mol. The van der Waals surface area contributed by atoms with Gasteiger partial charge >= 0.3 is 7.12 Å². The van der Waals surface area contributed by atoms with E-state index in [1.54, 1.807) is 7.11 Å². The molecule has 0 unspecified atom stereocenters. The smallest absolute Gasteiger partial charge is 0.467 e. The first-order valence-electron chi connectivity index (χ1n) is 8.25. The van der Waals surface area contributed by atoms with Crippen molar-refractivity contribution < 1.29 is 18.8 Å². The number of fused-ring (bicyclic) bond motifs is 1. The first-order chi connectivity index (χ1) is 11.2. The summed E-state index contributed by atoms with van der Waals surface area (Å²) in [5, 5.41) is 2.16. The molecule has 0 radical (unpaired) electrons. The molecular formula is C19H25BO4. The molecule has 24 heavy (non-hydrogen) atoms. The van der Waals surface area contributed by atoms with Gasteiger partial charge in [0, 0.05) is 12.5 Å². The zero-order valence-corrected chi connectivity index (χ0v) is 15.3. The lowest BCUT2D eigenvalue weighted by atomic mass is 9.78. The fourth-order valence-corrected chi connectivity index (χ4v) is 2.82. The van der Waals surface area contributed by atoms with Gasteiger partial charge in [0.25, 0.3) is 0 Å². The molecule has 2 aromatic rings. The van der Waals surface area contributed by atoms with Crippen LogP contribution in [0.2, 0.25) is 0 Å². The van der Waals surface area contributed by atoms with Crippen molar-refractivity contribution in [2.24, 2.45) is 0 Å². The second-order valence-corrected chi connectivity index (χ2v) is 7.38. The average molecular weight is 328 g/mol. The van der Waals surface area contributed by atoms with Crippen molar-refractivity contribution in [3.63, 3.8) is 0 Å². The molecule has 0 saturated carbocycles. The van der Waals surface area contributed by atoms with Crippen LogP contribution in [0.15, 0.2) is 30.3 Å². The molecule has 0 spiro atoms. The lowest BCUT2D eigenvalue weighted by molar-refractivity contribution is 0.00578. The highest BCUT2D eigenvalue weighted by molar-refractivity contribution is 6.62. The Morgan fingerprint density at radius 2 is 1.67 bits per heavy atom. The average Bonchev–Trinajstić information content (AvgIpc) is 2.73. The summed E-state index contributed by atoms with van der Waals surface area (Å²) in [7, 11) is 1.21.